The van der Waals surface area contributed by atoms with Crippen molar-refractivity contribution in [1.29, 1.82) is 0 Å². The molecule has 0 radical (unpaired) electrons. The van der Waals surface area contributed by atoms with Crippen molar-refractivity contribution in [2.24, 2.45) is 0 Å². The van der Waals surface area contributed by atoms with Gasteiger partial charge in [0, 0.05) is 21.7 Å². The number of aliphatic hydroxyl groups is 3. The summed E-state index contributed by atoms with van der Waals surface area (Å²) >= 11 is 1.61. The van der Waals surface area contributed by atoms with Gasteiger partial charge in [-0.15, -0.1) is 0 Å². The average Bonchev–Trinajstić information content (AvgIpc) is 2.87. The van der Waals surface area contributed by atoms with Gasteiger partial charge in [0.1, 0.15) is 5.82 Å². The van der Waals surface area contributed by atoms with Gasteiger partial charge < -0.3 is 26.0 Å². The lowest BCUT2D eigenvalue weighted by atomic mass is 10.2. The van der Waals surface area contributed by atoms with Crippen molar-refractivity contribution in [2.45, 2.75) is 29.0 Å². The van der Waals surface area contributed by atoms with Gasteiger partial charge in [0.05, 0.1) is 31.4 Å². The largest absolute Gasteiger partial charge is 0.394 e. The Kier molecular flexibility index (Phi) is 7.74. The summed E-state index contributed by atoms with van der Waals surface area (Å²) in [6.07, 6.45) is 0. The highest BCUT2D eigenvalue weighted by molar-refractivity contribution is 7.99. The number of rotatable bonds is 10. The third kappa shape index (κ3) is 5.61. The van der Waals surface area contributed by atoms with Crippen LogP contribution in [0.25, 0.3) is 10.9 Å². The van der Waals surface area contributed by atoms with Gasteiger partial charge in [0.25, 0.3) is 0 Å². The van der Waals surface area contributed by atoms with Crippen molar-refractivity contribution in [3.05, 3.63) is 83.9 Å². The van der Waals surface area contributed by atoms with Crippen LogP contribution in [0.15, 0.2) is 82.6 Å². The van der Waals surface area contributed by atoms with E-state index in [1.165, 1.54) is 0 Å². The molecule has 1 aromatic heterocycles. The van der Waals surface area contributed by atoms with Gasteiger partial charge in [-0.1, -0.05) is 60.3 Å². The SMILES string of the molecule is OCc1ccccc1Sc1ccccc1CNc1nc(NC(CO)CO)c2ccccc2n1. The fourth-order valence-electron chi connectivity index (χ4n) is 3.38. The number of nitrogens with zero attached hydrogens (tertiary/aromatic N) is 2. The lowest BCUT2D eigenvalue weighted by Gasteiger charge is -2.17. The first-order valence-electron chi connectivity index (χ1n) is 10.6. The van der Waals surface area contributed by atoms with Crippen LogP contribution in [0.2, 0.25) is 0 Å². The Balaban J connectivity index is 1.58. The van der Waals surface area contributed by atoms with Crippen LogP contribution in [-0.4, -0.2) is 44.5 Å². The normalized spacial score (nSPS) is 11.2. The van der Waals surface area contributed by atoms with Gasteiger partial charge in [-0.3, -0.25) is 0 Å². The molecule has 0 aliphatic carbocycles. The minimum Gasteiger partial charge on any atom is -0.394 e. The zero-order valence-electron chi connectivity index (χ0n) is 18.0. The van der Waals surface area contributed by atoms with Crippen molar-refractivity contribution in [3.63, 3.8) is 0 Å². The number of nitrogens with one attached hydrogen (secondary N) is 2. The smallest absolute Gasteiger partial charge is 0.225 e. The molecule has 0 saturated heterocycles. The van der Waals surface area contributed by atoms with Crippen LogP contribution in [-0.2, 0) is 13.2 Å². The Bertz CT molecular complexity index is 1220. The molecule has 4 aromatic rings. The van der Waals surface area contributed by atoms with E-state index < -0.39 is 6.04 Å². The van der Waals surface area contributed by atoms with E-state index in [9.17, 15) is 15.3 Å². The topological polar surface area (TPSA) is 111 Å². The van der Waals surface area contributed by atoms with Crippen molar-refractivity contribution < 1.29 is 15.3 Å². The van der Waals surface area contributed by atoms with Crippen LogP contribution in [0.3, 0.4) is 0 Å². The Labute approximate surface area is 196 Å². The maximum absolute atomic E-state index is 9.65. The van der Waals surface area contributed by atoms with E-state index in [0.29, 0.717) is 18.3 Å². The quantitative estimate of drug-likeness (QED) is 0.243. The van der Waals surface area contributed by atoms with Crippen molar-refractivity contribution in [3.8, 4) is 0 Å². The van der Waals surface area contributed by atoms with Gasteiger partial charge in [0.15, 0.2) is 0 Å². The molecule has 0 bridgehead atoms. The molecule has 0 unspecified atom stereocenters. The summed E-state index contributed by atoms with van der Waals surface area (Å²) in [5.74, 6) is 0.997. The van der Waals surface area contributed by atoms with E-state index >= 15 is 0 Å². The first-order chi connectivity index (χ1) is 16.2. The van der Waals surface area contributed by atoms with Gasteiger partial charge in [-0.05, 0) is 35.4 Å². The maximum Gasteiger partial charge on any atom is 0.225 e. The second kappa shape index (κ2) is 11.1. The third-order valence-electron chi connectivity index (χ3n) is 5.16. The molecule has 33 heavy (non-hydrogen) atoms. The predicted molar refractivity (Wildman–Crippen MR) is 131 cm³/mol. The number of benzene rings is 3. The van der Waals surface area contributed by atoms with Crippen LogP contribution < -0.4 is 10.6 Å². The third-order valence-corrected chi connectivity index (χ3v) is 6.39. The second-order valence-corrected chi connectivity index (χ2v) is 8.53. The van der Waals surface area contributed by atoms with Crippen LogP contribution in [0.1, 0.15) is 11.1 Å². The van der Waals surface area contributed by atoms with E-state index in [0.717, 1.165) is 31.8 Å². The van der Waals surface area contributed by atoms with Crippen molar-refractivity contribution >= 4 is 34.4 Å². The van der Waals surface area contributed by atoms with Crippen LogP contribution in [0.4, 0.5) is 11.8 Å². The van der Waals surface area contributed by atoms with E-state index in [1.54, 1.807) is 11.8 Å². The molecular formula is C25H26N4O3S. The zero-order chi connectivity index (χ0) is 23.0. The molecule has 0 saturated carbocycles. The molecule has 0 fully saturated rings. The molecule has 8 heteroatoms. The number of para-hydroxylation sites is 1. The minimum absolute atomic E-state index is 0.00697. The molecule has 3 aromatic carbocycles. The van der Waals surface area contributed by atoms with Crippen LogP contribution in [0, 0.1) is 0 Å². The van der Waals surface area contributed by atoms with Gasteiger partial charge in [0.2, 0.25) is 5.95 Å². The zero-order valence-corrected chi connectivity index (χ0v) is 18.8. The lowest BCUT2D eigenvalue weighted by Crippen LogP contribution is -2.28. The van der Waals surface area contributed by atoms with Gasteiger partial charge in [-0.2, -0.15) is 4.98 Å². The monoisotopic (exact) mass is 462 g/mol. The predicted octanol–water partition coefficient (Wildman–Crippen LogP) is 3.65. The summed E-state index contributed by atoms with van der Waals surface area (Å²) in [7, 11) is 0. The molecule has 7 nitrogen and oxygen atoms in total. The van der Waals surface area contributed by atoms with E-state index in [1.807, 2.05) is 66.7 Å². The summed E-state index contributed by atoms with van der Waals surface area (Å²) in [6, 6.07) is 23.0. The number of hydrogen-bond donors (Lipinski definition) is 5. The number of anilines is 2. The van der Waals surface area contributed by atoms with E-state index in [4.69, 9.17) is 0 Å². The number of aliphatic hydroxyl groups excluding tert-OH is 3. The Morgan fingerprint density at radius 3 is 2.12 bits per heavy atom. The Morgan fingerprint density at radius 1 is 0.758 bits per heavy atom. The lowest BCUT2D eigenvalue weighted by molar-refractivity contribution is 0.203. The van der Waals surface area contributed by atoms with E-state index in [-0.39, 0.29) is 19.8 Å². The van der Waals surface area contributed by atoms with Crippen LogP contribution in [0.5, 0.6) is 0 Å². The summed E-state index contributed by atoms with van der Waals surface area (Å²) in [4.78, 5) is 11.3. The summed E-state index contributed by atoms with van der Waals surface area (Å²) in [6.45, 7) is 0.0770. The van der Waals surface area contributed by atoms with Gasteiger partial charge >= 0.3 is 0 Å². The Hall–Kier alpha value is -3.17. The molecule has 0 atom stereocenters. The van der Waals surface area contributed by atoms with Gasteiger partial charge in [-0.25, -0.2) is 4.98 Å². The molecule has 0 spiro atoms. The molecule has 170 valence electrons. The first kappa shape index (κ1) is 23.0. The molecule has 0 aliphatic rings. The molecule has 0 aliphatic heterocycles. The molecular weight excluding hydrogens is 436 g/mol. The highest BCUT2D eigenvalue weighted by Crippen LogP contribution is 2.33. The second-order valence-electron chi connectivity index (χ2n) is 7.45. The highest BCUT2D eigenvalue weighted by Gasteiger charge is 2.13. The Morgan fingerprint density at radius 2 is 1.39 bits per heavy atom. The summed E-state index contributed by atoms with van der Waals surface area (Å²) < 4.78 is 0. The number of aromatic nitrogens is 2. The fourth-order valence-corrected chi connectivity index (χ4v) is 4.45. The molecule has 0 amide bonds. The number of hydrogen-bond acceptors (Lipinski definition) is 8. The summed E-state index contributed by atoms with van der Waals surface area (Å²) in [5.41, 5.74) is 2.72. The molecule has 4 rings (SSSR count). The first-order valence-corrected chi connectivity index (χ1v) is 11.5. The van der Waals surface area contributed by atoms with Crippen LogP contribution >= 0.6 is 11.8 Å². The average molecular weight is 463 g/mol. The standard InChI is InChI=1S/C25H26N4O3S/c30-14-18-8-2-6-12-23(18)33-22-11-5-1-7-17(22)13-26-25-28-21-10-4-3-9-20(21)24(29-25)27-19(15-31)16-32/h1-12,19,30-32H,13-16H2,(H2,26,27,28,29). The van der Waals surface area contributed by atoms with Crippen molar-refractivity contribution in [1.82, 2.24) is 9.97 Å². The maximum atomic E-state index is 9.65. The molecule has 1 heterocycles. The summed E-state index contributed by atoms with van der Waals surface area (Å²) in [5, 5.41) is 35.8. The van der Waals surface area contributed by atoms with E-state index in [2.05, 4.69) is 26.7 Å². The molecule has 5 N–H and O–H groups in total. The fraction of sp³-hybridized carbons (Fsp3) is 0.200. The highest BCUT2D eigenvalue weighted by atomic mass is 32.2. The van der Waals surface area contributed by atoms with Crippen molar-refractivity contribution in [2.75, 3.05) is 23.8 Å². The minimum atomic E-state index is -0.514. The number of fused-ring (bicyclic) bond motifs is 1.